The minimum atomic E-state index is -0.810. The van der Waals surface area contributed by atoms with Crippen molar-refractivity contribution in [1.82, 2.24) is 9.80 Å². The van der Waals surface area contributed by atoms with Crippen LogP contribution in [0, 0.1) is 0 Å². The van der Waals surface area contributed by atoms with Gasteiger partial charge in [0.1, 0.15) is 0 Å². The Labute approximate surface area is 93.2 Å². The van der Waals surface area contributed by atoms with E-state index in [-0.39, 0.29) is 31.7 Å². The second kappa shape index (κ2) is 4.87. The zero-order valence-corrected chi connectivity index (χ0v) is 9.36. The van der Waals surface area contributed by atoms with Crippen LogP contribution in [0.25, 0.3) is 0 Å². The normalized spacial score (nSPS) is 16.6. The quantitative estimate of drug-likeness (QED) is 0.687. The van der Waals surface area contributed by atoms with E-state index >= 15 is 0 Å². The summed E-state index contributed by atoms with van der Waals surface area (Å²) in [6, 6.07) is -0.810. The molecule has 0 N–H and O–H groups in total. The Balaban J connectivity index is 2.91. The Kier molecular flexibility index (Phi) is 3.76. The van der Waals surface area contributed by atoms with Gasteiger partial charge in [-0.3, -0.25) is 19.3 Å². The predicted molar refractivity (Wildman–Crippen MR) is 54.2 cm³/mol. The van der Waals surface area contributed by atoms with Gasteiger partial charge in [-0.05, 0) is 0 Å². The zero-order chi connectivity index (χ0) is 12.3. The van der Waals surface area contributed by atoms with E-state index in [1.165, 1.54) is 0 Å². The fraction of sp³-hybridized carbons (Fsp3) is 0.600. The molecule has 0 aromatic rings. The summed E-state index contributed by atoms with van der Waals surface area (Å²) in [6.07, 6.45) is 0.253. The van der Waals surface area contributed by atoms with Gasteiger partial charge in [-0.1, -0.05) is 13.8 Å². The smallest absolute Gasteiger partial charge is 0.274 e. The van der Waals surface area contributed by atoms with Gasteiger partial charge in [0.05, 0.1) is 0 Å². The monoisotopic (exact) mass is 226 g/mol. The van der Waals surface area contributed by atoms with Crippen LogP contribution in [0.2, 0.25) is 0 Å². The Morgan fingerprint density at radius 1 is 1.12 bits per heavy atom. The highest BCUT2D eigenvalue weighted by atomic mass is 16.2. The third kappa shape index (κ3) is 2.10. The Morgan fingerprint density at radius 3 is 2.19 bits per heavy atom. The number of carbonyl (C=O) groups is 4. The summed E-state index contributed by atoms with van der Waals surface area (Å²) in [4.78, 5) is 47.4. The molecule has 0 unspecified atom stereocenters. The average molecular weight is 226 g/mol. The molecule has 1 heterocycles. The number of hydrogen-bond donors (Lipinski definition) is 0. The van der Waals surface area contributed by atoms with E-state index in [0.29, 0.717) is 4.90 Å². The summed E-state index contributed by atoms with van der Waals surface area (Å²) >= 11 is 0. The highest BCUT2D eigenvalue weighted by molar-refractivity contribution is 6.15. The first-order valence-corrected chi connectivity index (χ1v) is 5.23. The third-order valence-corrected chi connectivity index (χ3v) is 2.38. The first-order chi connectivity index (χ1) is 7.52. The number of amides is 5. The molecular formula is C10H14N2O4. The van der Waals surface area contributed by atoms with Crippen molar-refractivity contribution in [3.05, 3.63) is 0 Å². The van der Waals surface area contributed by atoms with Gasteiger partial charge in [-0.15, -0.1) is 0 Å². The number of rotatable bonds is 2. The van der Waals surface area contributed by atoms with Gasteiger partial charge in [0.25, 0.3) is 0 Å². The van der Waals surface area contributed by atoms with Crippen LogP contribution in [-0.4, -0.2) is 40.1 Å². The van der Waals surface area contributed by atoms with Crippen LogP contribution in [0.1, 0.15) is 33.1 Å². The molecule has 0 radical (unpaired) electrons. The standard InChI is InChI=1S/C10H14N2O4/c1-3-7(13)11-6-5-9(15)12(10(11)16)8(14)4-2/h3-6H2,1-2H3. The van der Waals surface area contributed by atoms with Gasteiger partial charge in [-0.25, -0.2) is 4.79 Å². The molecule has 0 aromatic carbocycles. The zero-order valence-electron chi connectivity index (χ0n) is 9.36. The Bertz CT molecular complexity index is 343. The molecule has 6 nitrogen and oxygen atoms in total. The van der Waals surface area contributed by atoms with Gasteiger partial charge >= 0.3 is 6.03 Å². The van der Waals surface area contributed by atoms with E-state index in [2.05, 4.69) is 0 Å². The summed E-state index contributed by atoms with van der Waals surface area (Å²) in [7, 11) is 0. The van der Waals surface area contributed by atoms with Crippen molar-refractivity contribution in [1.29, 1.82) is 0 Å². The predicted octanol–water partition coefficient (Wildman–Crippen LogP) is 0.514. The molecule has 0 spiro atoms. The highest BCUT2D eigenvalue weighted by Crippen LogP contribution is 2.13. The highest BCUT2D eigenvalue weighted by Gasteiger charge is 2.37. The molecule has 1 aliphatic heterocycles. The molecule has 5 amide bonds. The molecule has 1 rings (SSSR count). The van der Waals surface area contributed by atoms with Crippen molar-refractivity contribution < 1.29 is 19.2 Å². The van der Waals surface area contributed by atoms with Crippen molar-refractivity contribution in [2.24, 2.45) is 0 Å². The van der Waals surface area contributed by atoms with Crippen molar-refractivity contribution in [3.63, 3.8) is 0 Å². The fourth-order valence-corrected chi connectivity index (χ4v) is 1.47. The lowest BCUT2D eigenvalue weighted by atomic mass is 10.2. The maximum atomic E-state index is 11.7. The molecule has 88 valence electrons. The molecule has 0 atom stereocenters. The van der Waals surface area contributed by atoms with Crippen molar-refractivity contribution in [2.75, 3.05) is 6.54 Å². The van der Waals surface area contributed by atoms with Crippen molar-refractivity contribution >= 4 is 23.8 Å². The average Bonchev–Trinajstić information content (AvgIpc) is 2.28. The summed E-state index contributed by atoms with van der Waals surface area (Å²) in [6.45, 7) is 3.25. The second-order valence-electron chi connectivity index (χ2n) is 3.41. The summed E-state index contributed by atoms with van der Waals surface area (Å²) in [5.41, 5.74) is 0. The molecule has 1 saturated heterocycles. The molecule has 6 heteroatoms. The second-order valence-corrected chi connectivity index (χ2v) is 3.41. The lowest BCUT2D eigenvalue weighted by molar-refractivity contribution is -0.144. The molecule has 0 saturated carbocycles. The summed E-state index contributed by atoms with van der Waals surface area (Å²) in [5, 5.41) is 0. The van der Waals surface area contributed by atoms with Crippen LogP contribution >= 0.6 is 0 Å². The Morgan fingerprint density at radius 2 is 1.69 bits per heavy atom. The lowest BCUT2D eigenvalue weighted by Gasteiger charge is -2.31. The molecule has 1 aliphatic rings. The van der Waals surface area contributed by atoms with Crippen molar-refractivity contribution in [2.45, 2.75) is 33.1 Å². The van der Waals surface area contributed by atoms with Crippen LogP contribution in [0.5, 0.6) is 0 Å². The van der Waals surface area contributed by atoms with Gasteiger partial charge in [0.15, 0.2) is 0 Å². The molecular weight excluding hydrogens is 212 g/mol. The fourth-order valence-electron chi connectivity index (χ4n) is 1.47. The maximum Gasteiger partial charge on any atom is 0.340 e. The maximum absolute atomic E-state index is 11.7. The number of carbonyl (C=O) groups excluding carboxylic acids is 4. The number of nitrogens with zero attached hydrogens (tertiary/aromatic N) is 2. The summed E-state index contributed by atoms with van der Waals surface area (Å²) < 4.78 is 0. The minimum Gasteiger partial charge on any atom is -0.274 e. The molecule has 16 heavy (non-hydrogen) atoms. The first-order valence-electron chi connectivity index (χ1n) is 5.23. The molecule has 0 aliphatic carbocycles. The van der Waals surface area contributed by atoms with E-state index < -0.39 is 17.8 Å². The van der Waals surface area contributed by atoms with Crippen molar-refractivity contribution in [3.8, 4) is 0 Å². The van der Waals surface area contributed by atoms with Crippen LogP contribution in [-0.2, 0) is 14.4 Å². The van der Waals surface area contributed by atoms with E-state index in [4.69, 9.17) is 0 Å². The van der Waals surface area contributed by atoms with Crippen LogP contribution in [0.3, 0.4) is 0 Å². The third-order valence-electron chi connectivity index (χ3n) is 2.38. The SMILES string of the molecule is CCC(=O)N1CCC(=O)N(C(=O)CC)C1=O. The van der Waals surface area contributed by atoms with Gasteiger partial charge in [-0.2, -0.15) is 4.90 Å². The van der Waals surface area contributed by atoms with E-state index in [9.17, 15) is 19.2 Å². The Hall–Kier alpha value is -1.72. The molecule has 1 fully saturated rings. The van der Waals surface area contributed by atoms with Crippen LogP contribution < -0.4 is 0 Å². The number of hydrogen-bond acceptors (Lipinski definition) is 4. The molecule has 0 aromatic heterocycles. The number of urea groups is 1. The van der Waals surface area contributed by atoms with E-state index in [1.807, 2.05) is 0 Å². The first kappa shape index (κ1) is 12.4. The van der Waals surface area contributed by atoms with E-state index in [1.54, 1.807) is 13.8 Å². The van der Waals surface area contributed by atoms with Crippen LogP contribution in [0.4, 0.5) is 4.79 Å². The van der Waals surface area contributed by atoms with E-state index in [0.717, 1.165) is 4.90 Å². The van der Waals surface area contributed by atoms with Crippen LogP contribution in [0.15, 0.2) is 0 Å². The minimum absolute atomic E-state index is 0.0171. The van der Waals surface area contributed by atoms with Gasteiger partial charge in [0.2, 0.25) is 17.7 Å². The summed E-state index contributed by atoms with van der Waals surface area (Å²) in [5.74, 6) is -1.47. The molecule has 0 bridgehead atoms. The van der Waals surface area contributed by atoms with Gasteiger partial charge in [0, 0.05) is 25.8 Å². The largest absolute Gasteiger partial charge is 0.340 e. The topological polar surface area (TPSA) is 74.8 Å². The number of imide groups is 4. The van der Waals surface area contributed by atoms with Gasteiger partial charge < -0.3 is 0 Å². The lowest BCUT2D eigenvalue weighted by Crippen LogP contribution is -2.56.